The molecule has 1 aromatic carbocycles. The molecule has 0 spiro atoms. The summed E-state index contributed by atoms with van der Waals surface area (Å²) in [6, 6.07) is 16.8. The van der Waals surface area contributed by atoms with Gasteiger partial charge < -0.3 is 9.13 Å². The number of nitrogens with one attached hydrogen (secondary N) is 1. The van der Waals surface area contributed by atoms with Crippen LogP contribution in [-0.4, -0.2) is 30.0 Å². The molecule has 7 nitrogen and oxygen atoms in total. The monoisotopic (exact) mass is 484 g/mol. The molecule has 5 rings (SSSR count). The third-order valence-electron chi connectivity index (χ3n) is 5.23. The van der Waals surface area contributed by atoms with Crippen LogP contribution in [0.5, 0.6) is 0 Å². The maximum Gasteiger partial charge on any atom is 0.274 e. The number of carbonyl (C=O) groups is 1. The number of hydrogen-bond acceptors (Lipinski definition) is 5. The number of hydrogen-bond donors (Lipinski definition) is 1. The highest BCUT2D eigenvalue weighted by molar-refractivity contribution is 7.14. The number of anilines is 1. The summed E-state index contributed by atoms with van der Waals surface area (Å²) in [4.78, 5) is 25.3. The van der Waals surface area contributed by atoms with Crippen molar-refractivity contribution in [2.75, 3.05) is 5.32 Å². The fourth-order valence-corrected chi connectivity index (χ4v) is 4.27. The molecule has 4 heterocycles. The van der Waals surface area contributed by atoms with E-state index in [2.05, 4.69) is 32.4 Å². The highest BCUT2D eigenvalue weighted by Crippen LogP contribution is 2.19. The summed E-state index contributed by atoms with van der Waals surface area (Å²) in [6.45, 7) is 1.12. The van der Waals surface area contributed by atoms with E-state index in [1.807, 2.05) is 46.5 Å². The standard InChI is InChI=1S/C26H21FN6OS/c27-24-13-20(10-11-28-24)15-33-12-4-7-23(33)25(34)31-26-30-22(17-35-26)9-8-21-16-32(18-29-21)14-19-5-2-1-3-6-19/h1-13,16-18H,14-15H2,(H,30,31,34)/b9-8+. The van der Waals surface area contributed by atoms with Gasteiger partial charge in [0.1, 0.15) is 5.69 Å². The molecule has 1 N–H and O–H groups in total. The van der Waals surface area contributed by atoms with Crippen molar-refractivity contribution in [2.45, 2.75) is 13.1 Å². The summed E-state index contributed by atoms with van der Waals surface area (Å²) < 4.78 is 17.2. The molecule has 0 saturated heterocycles. The second-order valence-electron chi connectivity index (χ2n) is 7.83. The lowest BCUT2D eigenvalue weighted by atomic mass is 10.2. The first-order valence-corrected chi connectivity index (χ1v) is 11.8. The summed E-state index contributed by atoms with van der Waals surface area (Å²) in [5.41, 5.74) is 3.93. The van der Waals surface area contributed by atoms with Gasteiger partial charge in [-0.1, -0.05) is 30.3 Å². The predicted molar refractivity (Wildman–Crippen MR) is 134 cm³/mol. The number of rotatable bonds is 8. The summed E-state index contributed by atoms with van der Waals surface area (Å²) in [6.07, 6.45) is 10.7. The van der Waals surface area contributed by atoms with Crippen molar-refractivity contribution in [3.05, 3.63) is 119 Å². The highest BCUT2D eigenvalue weighted by atomic mass is 32.1. The van der Waals surface area contributed by atoms with Gasteiger partial charge in [0.15, 0.2) is 5.13 Å². The third-order valence-corrected chi connectivity index (χ3v) is 6.01. The number of imidazole rings is 1. The average Bonchev–Trinajstić information content (AvgIpc) is 3.60. The van der Waals surface area contributed by atoms with Gasteiger partial charge in [-0.05, 0) is 47.5 Å². The smallest absolute Gasteiger partial charge is 0.274 e. The van der Waals surface area contributed by atoms with Crippen LogP contribution >= 0.6 is 11.3 Å². The Bertz CT molecular complexity index is 1470. The van der Waals surface area contributed by atoms with Crippen LogP contribution in [0.3, 0.4) is 0 Å². The summed E-state index contributed by atoms with van der Waals surface area (Å²) in [5.74, 6) is -0.832. The fourth-order valence-electron chi connectivity index (χ4n) is 3.59. The fraction of sp³-hybridized carbons (Fsp3) is 0.0769. The van der Waals surface area contributed by atoms with Gasteiger partial charge >= 0.3 is 0 Å². The number of benzene rings is 1. The zero-order valence-corrected chi connectivity index (χ0v) is 19.4. The first-order valence-electron chi connectivity index (χ1n) is 10.9. The Labute approximate surface area is 205 Å². The zero-order chi connectivity index (χ0) is 24.0. The molecule has 0 unspecified atom stereocenters. The second kappa shape index (κ2) is 10.3. The lowest BCUT2D eigenvalue weighted by molar-refractivity contribution is 0.101. The Morgan fingerprint density at radius 3 is 2.71 bits per heavy atom. The van der Waals surface area contributed by atoms with Crippen molar-refractivity contribution in [2.24, 2.45) is 0 Å². The quantitative estimate of drug-likeness (QED) is 0.307. The minimum absolute atomic E-state index is 0.283. The van der Waals surface area contributed by atoms with Crippen LogP contribution in [0.25, 0.3) is 12.2 Å². The lowest BCUT2D eigenvalue weighted by Crippen LogP contribution is -2.17. The molecule has 0 fully saturated rings. The molecule has 4 aromatic heterocycles. The van der Waals surface area contributed by atoms with Crippen molar-refractivity contribution in [1.29, 1.82) is 0 Å². The number of nitrogens with zero attached hydrogens (tertiary/aromatic N) is 5. The average molecular weight is 485 g/mol. The molecule has 9 heteroatoms. The SMILES string of the molecule is O=C(Nc1nc(/C=C/c2cn(Cc3ccccc3)cn2)cs1)c1cccn1Cc1ccnc(F)c1. The Morgan fingerprint density at radius 2 is 1.86 bits per heavy atom. The maximum absolute atomic E-state index is 13.4. The minimum Gasteiger partial charge on any atom is -0.339 e. The normalized spacial score (nSPS) is 11.2. The molecule has 0 aliphatic heterocycles. The second-order valence-corrected chi connectivity index (χ2v) is 8.69. The molecular weight excluding hydrogens is 463 g/mol. The number of thiazole rings is 1. The molecule has 5 aromatic rings. The molecule has 0 radical (unpaired) electrons. The van der Waals surface area contributed by atoms with E-state index in [9.17, 15) is 9.18 Å². The van der Waals surface area contributed by atoms with Crippen molar-refractivity contribution >= 4 is 34.5 Å². The Balaban J connectivity index is 1.20. The van der Waals surface area contributed by atoms with Gasteiger partial charge in [0.25, 0.3) is 5.91 Å². The predicted octanol–water partition coefficient (Wildman–Crippen LogP) is 5.19. The number of pyridine rings is 1. The Morgan fingerprint density at radius 1 is 1.00 bits per heavy atom. The summed E-state index contributed by atoms with van der Waals surface area (Å²) in [5, 5.41) is 5.20. The summed E-state index contributed by atoms with van der Waals surface area (Å²) in [7, 11) is 0. The van der Waals surface area contributed by atoms with E-state index < -0.39 is 5.95 Å². The number of aromatic nitrogens is 5. The maximum atomic E-state index is 13.4. The van der Waals surface area contributed by atoms with Gasteiger partial charge in [0.2, 0.25) is 5.95 Å². The van der Waals surface area contributed by atoms with E-state index in [4.69, 9.17) is 0 Å². The number of carbonyl (C=O) groups excluding carboxylic acids is 1. The number of amides is 1. The zero-order valence-electron chi connectivity index (χ0n) is 18.6. The van der Waals surface area contributed by atoms with Gasteiger partial charge in [-0.25, -0.2) is 15.0 Å². The van der Waals surface area contributed by atoms with Crippen LogP contribution < -0.4 is 5.32 Å². The largest absolute Gasteiger partial charge is 0.339 e. The van der Waals surface area contributed by atoms with Gasteiger partial charge in [-0.3, -0.25) is 10.1 Å². The van der Waals surface area contributed by atoms with Gasteiger partial charge in [0.05, 0.1) is 17.7 Å². The lowest BCUT2D eigenvalue weighted by Gasteiger charge is -2.09. The van der Waals surface area contributed by atoms with Gasteiger partial charge in [-0.15, -0.1) is 11.3 Å². The molecule has 174 valence electrons. The number of halogens is 1. The highest BCUT2D eigenvalue weighted by Gasteiger charge is 2.13. The van der Waals surface area contributed by atoms with E-state index in [0.29, 0.717) is 17.4 Å². The minimum atomic E-state index is -0.549. The van der Waals surface area contributed by atoms with Crippen molar-refractivity contribution in [1.82, 2.24) is 24.1 Å². The van der Waals surface area contributed by atoms with Crippen LogP contribution in [0, 0.1) is 5.95 Å². The molecule has 0 aliphatic rings. The van der Waals surface area contributed by atoms with Crippen LogP contribution in [0.1, 0.15) is 33.0 Å². The van der Waals surface area contributed by atoms with Crippen LogP contribution in [-0.2, 0) is 13.1 Å². The third kappa shape index (κ3) is 5.77. The van der Waals surface area contributed by atoms with E-state index in [1.54, 1.807) is 35.3 Å². The van der Waals surface area contributed by atoms with Gasteiger partial charge in [-0.2, -0.15) is 4.39 Å². The van der Waals surface area contributed by atoms with Crippen LogP contribution in [0.2, 0.25) is 0 Å². The van der Waals surface area contributed by atoms with Crippen molar-refractivity contribution in [3.63, 3.8) is 0 Å². The molecule has 1 amide bonds. The molecule has 0 atom stereocenters. The van der Waals surface area contributed by atoms with E-state index in [-0.39, 0.29) is 5.91 Å². The molecule has 0 bridgehead atoms. The van der Waals surface area contributed by atoms with Crippen molar-refractivity contribution in [3.8, 4) is 0 Å². The van der Waals surface area contributed by atoms with E-state index in [1.165, 1.54) is 29.2 Å². The van der Waals surface area contributed by atoms with E-state index in [0.717, 1.165) is 23.5 Å². The molecular formula is C26H21FN6OS. The first kappa shape index (κ1) is 22.4. The molecule has 0 saturated carbocycles. The molecule has 0 aliphatic carbocycles. The Hall–Kier alpha value is -4.37. The topological polar surface area (TPSA) is 77.6 Å². The first-order chi connectivity index (χ1) is 17.1. The van der Waals surface area contributed by atoms with Crippen molar-refractivity contribution < 1.29 is 9.18 Å². The van der Waals surface area contributed by atoms with E-state index >= 15 is 0 Å². The van der Waals surface area contributed by atoms with Crippen LogP contribution in [0.15, 0.2) is 84.9 Å². The van der Waals surface area contributed by atoms with Gasteiger partial charge in [0, 0.05) is 37.1 Å². The van der Waals surface area contributed by atoms with Crippen LogP contribution in [0.4, 0.5) is 9.52 Å². The Kier molecular flexibility index (Phi) is 6.58. The summed E-state index contributed by atoms with van der Waals surface area (Å²) >= 11 is 1.34. The molecule has 35 heavy (non-hydrogen) atoms.